The van der Waals surface area contributed by atoms with Gasteiger partial charge in [-0.3, -0.25) is 0 Å². The van der Waals surface area contributed by atoms with E-state index in [1.165, 1.54) is 12.1 Å². The Bertz CT molecular complexity index is 443. The molecule has 0 saturated heterocycles. The second-order valence-corrected chi connectivity index (χ2v) is 5.61. The molecule has 0 heterocycles. The summed E-state index contributed by atoms with van der Waals surface area (Å²) in [6.07, 6.45) is -3.05. The summed E-state index contributed by atoms with van der Waals surface area (Å²) in [4.78, 5) is 2.03. The summed E-state index contributed by atoms with van der Waals surface area (Å²) in [5.74, 6) is 0. The monoisotopic (exact) mass is 288 g/mol. The average molecular weight is 288 g/mol. The number of hydrogen-bond donors (Lipinski definition) is 1. The molecule has 2 N–H and O–H groups in total. The van der Waals surface area contributed by atoms with E-state index in [0.717, 1.165) is 12.5 Å². The maximum atomic E-state index is 12.7. The summed E-state index contributed by atoms with van der Waals surface area (Å²) in [7, 11) is 3.88. The van der Waals surface area contributed by atoms with E-state index in [1.54, 1.807) is 6.07 Å². The Labute approximate surface area is 118 Å². The first-order valence-corrected chi connectivity index (χ1v) is 6.70. The van der Waals surface area contributed by atoms with Crippen molar-refractivity contribution in [2.45, 2.75) is 44.4 Å². The van der Waals surface area contributed by atoms with E-state index in [0.29, 0.717) is 12.0 Å². The van der Waals surface area contributed by atoms with Crippen molar-refractivity contribution in [1.82, 2.24) is 4.90 Å². The molecule has 0 amide bonds. The van der Waals surface area contributed by atoms with Gasteiger partial charge in [0.25, 0.3) is 0 Å². The summed E-state index contributed by atoms with van der Waals surface area (Å²) < 4.78 is 38.1. The number of halogens is 3. The molecule has 0 aromatic heterocycles. The lowest BCUT2D eigenvalue weighted by atomic mass is 9.84. The van der Waals surface area contributed by atoms with Gasteiger partial charge in [-0.05, 0) is 45.5 Å². The lowest BCUT2D eigenvalue weighted by Crippen LogP contribution is -2.55. The number of rotatable bonds is 5. The molecular weight excluding hydrogens is 265 g/mol. The van der Waals surface area contributed by atoms with Crippen molar-refractivity contribution in [3.05, 3.63) is 35.4 Å². The lowest BCUT2D eigenvalue weighted by Gasteiger charge is -2.41. The Morgan fingerprint density at radius 1 is 1.25 bits per heavy atom. The second kappa shape index (κ2) is 6.14. The predicted octanol–water partition coefficient (Wildman–Crippen LogP) is 3.31. The van der Waals surface area contributed by atoms with E-state index in [9.17, 15) is 13.2 Å². The fraction of sp³-hybridized carbons (Fsp3) is 0.600. The summed E-state index contributed by atoms with van der Waals surface area (Å²) in [5.41, 5.74) is 5.99. The molecule has 0 aliphatic rings. The van der Waals surface area contributed by atoms with E-state index in [4.69, 9.17) is 5.73 Å². The quantitative estimate of drug-likeness (QED) is 0.900. The molecule has 1 aromatic rings. The minimum Gasteiger partial charge on any atom is -0.326 e. The van der Waals surface area contributed by atoms with Gasteiger partial charge >= 0.3 is 6.18 Å². The van der Waals surface area contributed by atoms with Crippen LogP contribution >= 0.6 is 0 Å². The number of benzene rings is 1. The van der Waals surface area contributed by atoms with Crippen LogP contribution in [0.4, 0.5) is 13.2 Å². The fourth-order valence-corrected chi connectivity index (χ4v) is 2.26. The molecule has 1 rings (SSSR count). The molecule has 5 heteroatoms. The summed E-state index contributed by atoms with van der Waals surface area (Å²) in [6, 6.07) is 5.17. The van der Waals surface area contributed by atoms with E-state index in [2.05, 4.69) is 0 Å². The molecule has 0 aliphatic carbocycles. The maximum Gasteiger partial charge on any atom is 0.416 e. The molecule has 114 valence electrons. The number of hydrogen-bond acceptors (Lipinski definition) is 2. The predicted molar refractivity (Wildman–Crippen MR) is 75.5 cm³/mol. The van der Waals surface area contributed by atoms with Crippen molar-refractivity contribution in [2.75, 3.05) is 14.1 Å². The van der Waals surface area contributed by atoms with Crippen LogP contribution in [0.5, 0.6) is 0 Å². The highest BCUT2D eigenvalue weighted by atomic mass is 19.4. The lowest BCUT2D eigenvalue weighted by molar-refractivity contribution is -0.137. The number of likely N-dealkylation sites (N-methyl/N-ethyl adjacent to an activating group) is 1. The maximum absolute atomic E-state index is 12.7. The zero-order chi connectivity index (χ0) is 15.6. The van der Waals surface area contributed by atoms with Crippen LogP contribution in [0.25, 0.3) is 0 Å². The Hall–Kier alpha value is -1.07. The zero-order valence-corrected chi connectivity index (χ0v) is 12.5. The molecular formula is C15H23F3N2. The van der Waals surface area contributed by atoms with Crippen molar-refractivity contribution >= 4 is 0 Å². The highest BCUT2D eigenvalue weighted by Gasteiger charge is 2.33. The number of nitrogens with two attached hydrogens (primary N) is 1. The van der Waals surface area contributed by atoms with Gasteiger partial charge in [0, 0.05) is 11.6 Å². The standard InChI is InChI=1S/C15H23F3N2/c1-5-14(2,20(3)4)13(19)10-11-7-6-8-12(9-11)15(16,17)18/h6-9,13H,5,10,19H2,1-4H3. The molecule has 20 heavy (non-hydrogen) atoms. The Morgan fingerprint density at radius 3 is 2.30 bits per heavy atom. The minimum atomic E-state index is -4.31. The van der Waals surface area contributed by atoms with Gasteiger partial charge < -0.3 is 10.6 Å². The minimum absolute atomic E-state index is 0.231. The molecule has 0 fully saturated rings. The van der Waals surface area contributed by atoms with E-state index < -0.39 is 11.7 Å². The first-order chi connectivity index (χ1) is 9.11. The largest absolute Gasteiger partial charge is 0.416 e. The van der Waals surface area contributed by atoms with Crippen LogP contribution in [0.1, 0.15) is 31.4 Å². The Kier molecular flexibility index (Phi) is 5.21. The van der Waals surface area contributed by atoms with Gasteiger partial charge in [-0.2, -0.15) is 13.2 Å². The smallest absolute Gasteiger partial charge is 0.326 e. The van der Waals surface area contributed by atoms with Crippen molar-refractivity contribution in [1.29, 1.82) is 0 Å². The van der Waals surface area contributed by atoms with Gasteiger partial charge in [0.1, 0.15) is 0 Å². The van der Waals surface area contributed by atoms with Gasteiger partial charge in [0.05, 0.1) is 5.56 Å². The SMILES string of the molecule is CCC(C)(C(N)Cc1cccc(C(F)(F)F)c1)N(C)C. The first kappa shape index (κ1) is 17.0. The molecule has 0 spiro atoms. The number of alkyl halides is 3. The van der Waals surface area contributed by atoms with Gasteiger partial charge in [0.2, 0.25) is 0 Å². The summed E-state index contributed by atoms with van der Waals surface area (Å²) >= 11 is 0. The van der Waals surface area contributed by atoms with Gasteiger partial charge in [0.15, 0.2) is 0 Å². The summed E-state index contributed by atoms with van der Waals surface area (Å²) in [6.45, 7) is 4.07. The van der Waals surface area contributed by atoms with Crippen LogP contribution in [0.15, 0.2) is 24.3 Å². The molecule has 0 bridgehead atoms. The van der Waals surface area contributed by atoms with Crippen LogP contribution < -0.4 is 5.73 Å². The Balaban J connectivity index is 2.94. The second-order valence-electron chi connectivity index (χ2n) is 5.61. The van der Waals surface area contributed by atoms with Crippen molar-refractivity contribution < 1.29 is 13.2 Å². The van der Waals surface area contributed by atoms with E-state index in [1.807, 2.05) is 32.8 Å². The highest BCUT2D eigenvalue weighted by molar-refractivity contribution is 5.26. The molecule has 1 aromatic carbocycles. The molecule has 2 unspecified atom stereocenters. The van der Waals surface area contributed by atoms with Crippen LogP contribution in [0, 0.1) is 0 Å². The normalized spacial score (nSPS) is 17.1. The van der Waals surface area contributed by atoms with Crippen LogP contribution in [-0.2, 0) is 12.6 Å². The third-order valence-electron chi connectivity index (χ3n) is 4.25. The van der Waals surface area contributed by atoms with E-state index in [-0.39, 0.29) is 11.6 Å². The summed E-state index contributed by atoms with van der Waals surface area (Å²) in [5, 5.41) is 0. The van der Waals surface area contributed by atoms with Crippen molar-refractivity contribution in [2.24, 2.45) is 5.73 Å². The average Bonchev–Trinajstić information content (AvgIpc) is 2.36. The van der Waals surface area contributed by atoms with Crippen LogP contribution in [0.2, 0.25) is 0 Å². The molecule has 2 atom stereocenters. The third-order valence-corrected chi connectivity index (χ3v) is 4.25. The topological polar surface area (TPSA) is 29.3 Å². The van der Waals surface area contributed by atoms with Gasteiger partial charge in [-0.25, -0.2) is 0 Å². The van der Waals surface area contributed by atoms with Crippen molar-refractivity contribution in [3.63, 3.8) is 0 Å². The van der Waals surface area contributed by atoms with E-state index >= 15 is 0 Å². The highest BCUT2D eigenvalue weighted by Crippen LogP contribution is 2.30. The fourth-order valence-electron chi connectivity index (χ4n) is 2.26. The van der Waals surface area contributed by atoms with Crippen LogP contribution in [-0.4, -0.2) is 30.6 Å². The zero-order valence-electron chi connectivity index (χ0n) is 12.5. The van der Waals surface area contributed by atoms with Crippen LogP contribution in [0.3, 0.4) is 0 Å². The third kappa shape index (κ3) is 3.73. The molecule has 0 saturated carbocycles. The Morgan fingerprint density at radius 2 is 1.85 bits per heavy atom. The van der Waals surface area contributed by atoms with Gasteiger partial charge in [-0.15, -0.1) is 0 Å². The molecule has 0 aliphatic heterocycles. The number of nitrogens with zero attached hydrogens (tertiary/aromatic N) is 1. The first-order valence-electron chi connectivity index (χ1n) is 6.70. The van der Waals surface area contributed by atoms with Crippen molar-refractivity contribution in [3.8, 4) is 0 Å². The molecule has 2 nitrogen and oxygen atoms in total. The van der Waals surface area contributed by atoms with Gasteiger partial charge in [-0.1, -0.05) is 25.1 Å². The molecule has 0 radical (unpaired) electrons.